The standard InChI is InChI=1S/C32H31ClFN3O4S/c1-2-35-32(39)30(20-24-10-5-3-6-11-24)36(22-25-16-18-27(34)19-17-25)31(38)23-37(28-13-9-12-26(33)21-28)42(40,41)29-14-7-4-8-15-29/h3-19,21,30H,2,20,22-23H2,1H3,(H,35,39). The van der Waals surface area contributed by atoms with E-state index in [1.807, 2.05) is 30.3 Å². The second-order valence-corrected chi connectivity index (χ2v) is 11.9. The van der Waals surface area contributed by atoms with Crippen molar-refractivity contribution in [3.8, 4) is 0 Å². The summed E-state index contributed by atoms with van der Waals surface area (Å²) < 4.78 is 42.5. The van der Waals surface area contributed by atoms with Gasteiger partial charge in [0.05, 0.1) is 10.6 Å². The van der Waals surface area contributed by atoms with E-state index in [2.05, 4.69) is 5.32 Å². The third-order valence-corrected chi connectivity index (χ3v) is 8.62. The van der Waals surface area contributed by atoms with Crippen LogP contribution in [0.2, 0.25) is 5.02 Å². The fraction of sp³-hybridized carbons (Fsp3) is 0.188. The van der Waals surface area contributed by atoms with Gasteiger partial charge >= 0.3 is 0 Å². The molecule has 1 N–H and O–H groups in total. The van der Waals surface area contributed by atoms with Gasteiger partial charge < -0.3 is 10.2 Å². The van der Waals surface area contributed by atoms with E-state index in [-0.39, 0.29) is 23.5 Å². The van der Waals surface area contributed by atoms with Crippen LogP contribution in [0.1, 0.15) is 18.1 Å². The van der Waals surface area contributed by atoms with E-state index in [4.69, 9.17) is 11.6 Å². The summed E-state index contributed by atoms with van der Waals surface area (Å²) in [6.45, 7) is 1.45. The van der Waals surface area contributed by atoms with Crippen molar-refractivity contribution in [1.82, 2.24) is 10.2 Å². The highest BCUT2D eigenvalue weighted by atomic mass is 35.5. The fourth-order valence-corrected chi connectivity index (χ4v) is 6.12. The Hall–Kier alpha value is -4.21. The van der Waals surface area contributed by atoms with Crippen molar-refractivity contribution < 1.29 is 22.4 Å². The monoisotopic (exact) mass is 607 g/mol. The van der Waals surface area contributed by atoms with Crippen molar-refractivity contribution >= 4 is 39.1 Å². The van der Waals surface area contributed by atoms with E-state index in [1.54, 1.807) is 43.3 Å². The van der Waals surface area contributed by atoms with E-state index in [0.29, 0.717) is 17.1 Å². The number of likely N-dealkylation sites (N-methyl/N-ethyl adjacent to an activating group) is 1. The molecular formula is C32H31ClFN3O4S. The Morgan fingerprint density at radius 1 is 0.857 bits per heavy atom. The normalized spacial score (nSPS) is 11.9. The minimum atomic E-state index is -4.22. The molecule has 2 amide bonds. The zero-order valence-corrected chi connectivity index (χ0v) is 24.6. The van der Waals surface area contributed by atoms with Crippen molar-refractivity contribution in [2.45, 2.75) is 30.8 Å². The van der Waals surface area contributed by atoms with Crippen LogP contribution < -0.4 is 9.62 Å². The van der Waals surface area contributed by atoms with Crippen LogP contribution in [0.15, 0.2) is 114 Å². The Morgan fingerprint density at radius 3 is 2.12 bits per heavy atom. The van der Waals surface area contributed by atoms with E-state index >= 15 is 0 Å². The summed E-state index contributed by atoms with van der Waals surface area (Å²) in [4.78, 5) is 29.0. The topological polar surface area (TPSA) is 86.8 Å². The van der Waals surface area contributed by atoms with Gasteiger partial charge in [0.1, 0.15) is 18.4 Å². The molecule has 0 bridgehead atoms. The predicted octanol–water partition coefficient (Wildman–Crippen LogP) is 5.45. The molecule has 7 nitrogen and oxygen atoms in total. The van der Waals surface area contributed by atoms with Gasteiger partial charge in [0.15, 0.2) is 0 Å². The minimum Gasteiger partial charge on any atom is -0.355 e. The lowest BCUT2D eigenvalue weighted by Gasteiger charge is -2.33. The van der Waals surface area contributed by atoms with E-state index in [1.165, 1.54) is 47.4 Å². The highest BCUT2D eigenvalue weighted by Gasteiger charge is 2.34. The number of benzene rings is 4. The van der Waals surface area contributed by atoms with Crippen LogP contribution in [0, 0.1) is 5.82 Å². The zero-order chi connectivity index (χ0) is 30.1. The number of carbonyl (C=O) groups is 2. The van der Waals surface area contributed by atoms with Crippen LogP contribution in [-0.2, 0) is 32.6 Å². The van der Waals surface area contributed by atoms with Gasteiger partial charge in [-0.25, -0.2) is 12.8 Å². The summed E-state index contributed by atoms with van der Waals surface area (Å²) in [6.07, 6.45) is 0.183. The van der Waals surface area contributed by atoms with Crippen LogP contribution >= 0.6 is 11.6 Å². The lowest BCUT2D eigenvalue weighted by Crippen LogP contribution is -2.53. The lowest BCUT2D eigenvalue weighted by atomic mass is 10.0. The number of halogens is 2. The third kappa shape index (κ3) is 7.74. The quantitative estimate of drug-likeness (QED) is 0.232. The lowest BCUT2D eigenvalue weighted by molar-refractivity contribution is -0.140. The van der Waals surface area contributed by atoms with Crippen molar-refractivity contribution in [3.63, 3.8) is 0 Å². The fourth-order valence-electron chi connectivity index (χ4n) is 4.51. The summed E-state index contributed by atoms with van der Waals surface area (Å²) in [6, 6.07) is 27.8. The summed E-state index contributed by atoms with van der Waals surface area (Å²) in [5, 5.41) is 3.09. The van der Waals surface area contributed by atoms with Gasteiger partial charge in [-0.3, -0.25) is 13.9 Å². The predicted molar refractivity (Wildman–Crippen MR) is 162 cm³/mol. The number of nitrogens with zero attached hydrogens (tertiary/aromatic N) is 2. The average molecular weight is 608 g/mol. The van der Waals surface area contributed by atoms with Gasteiger partial charge in [0, 0.05) is 24.5 Å². The van der Waals surface area contributed by atoms with E-state index in [0.717, 1.165) is 9.87 Å². The molecule has 0 fully saturated rings. The molecule has 0 saturated carbocycles. The Bertz CT molecular complexity index is 1600. The molecule has 1 atom stereocenters. The third-order valence-electron chi connectivity index (χ3n) is 6.59. The van der Waals surface area contributed by atoms with Crippen LogP contribution in [0.25, 0.3) is 0 Å². The van der Waals surface area contributed by atoms with Gasteiger partial charge in [-0.2, -0.15) is 0 Å². The van der Waals surface area contributed by atoms with Crippen molar-refractivity contribution in [2.75, 3.05) is 17.4 Å². The van der Waals surface area contributed by atoms with Crippen molar-refractivity contribution in [3.05, 3.63) is 131 Å². The molecule has 10 heteroatoms. The minimum absolute atomic E-state index is 0.00702. The average Bonchev–Trinajstić information content (AvgIpc) is 2.99. The summed E-state index contributed by atoms with van der Waals surface area (Å²) >= 11 is 6.22. The number of hydrogen-bond acceptors (Lipinski definition) is 4. The maximum atomic E-state index is 14.2. The Kier molecular flexibility index (Phi) is 10.3. The second kappa shape index (κ2) is 14.1. The summed E-state index contributed by atoms with van der Waals surface area (Å²) in [5.41, 5.74) is 1.58. The molecule has 0 aliphatic carbocycles. The van der Waals surface area contributed by atoms with Crippen LogP contribution in [0.3, 0.4) is 0 Å². The molecule has 0 aromatic heterocycles. The molecule has 0 radical (unpaired) electrons. The molecule has 4 aromatic rings. The molecular weight excluding hydrogens is 577 g/mol. The number of nitrogens with one attached hydrogen (secondary N) is 1. The molecule has 4 aromatic carbocycles. The smallest absolute Gasteiger partial charge is 0.264 e. The van der Waals surface area contributed by atoms with E-state index < -0.39 is 40.2 Å². The van der Waals surface area contributed by atoms with Crippen LogP contribution in [0.5, 0.6) is 0 Å². The first-order valence-corrected chi connectivity index (χ1v) is 15.2. The SMILES string of the molecule is CCNC(=O)C(Cc1ccccc1)N(Cc1ccc(F)cc1)C(=O)CN(c1cccc(Cl)c1)S(=O)(=O)c1ccccc1. The van der Waals surface area contributed by atoms with Gasteiger partial charge in [-0.05, 0) is 60.5 Å². The van der Waals surface area contributed by atoms with Gasteiger partial charge in [0.2, 0.25) is 11.8 Å². The molecule has 0 aliphatic rings. The number of sulfonamides is 1. The van der Waals surface area contributed by atoms with Gasteiger partial charge in [0.25, 0.3) is 10.0 Å². The van der Waals surface area contributed by atoms with E-state index in [9.17, 15) is 22.4 Å². The number of carbonyl (C=O) groups excluding carboxylic acids is 2. The van der Waals surface area contributed by atoms with Crippen molar-refractivity contribution in [1.29, 1.82) is 0 Å². The zero-order valence-electron chi connectivity index (χ0n) is 23.0. The largest absolute Gasteiger partial charge is 0.355 e. The molecule has 0 saturated heterocycles. The molecule has 1 unspecified atom stereocenters. The molecule has 218 valence electrons. The molecule has 0 spiro atoms. The number of rotatable bonds is 12. The van der Waals surface area contributed by atoms with Gasteiger partial charge in [-0.15, -0.1) is 0 Å². The van der Waals surface area contributed by atoms with Crippen LogP contribution in [0.4, 0.5) is 10.1 Å². The second-order valence-electron chi connectivity index (χ2n) is 9.55. The number of anilines is 1. The molecule has 42 heavy (non-hydrogen) atoms. The first-order valence-electron chi connectivity index (χ1n) is 13.4. The highest BCUT2D eigenvalue weighted by molar-refractivity contribution is 7.92. The number of hydrogen-bond donors (Lipinski definition) is 1. The molecule has 0 heterocycles. The van der Waals surface area contributed by atoms with Crippen molar-refractivity contribution in [2.24, 2.45) is 0 Å². The number of amides is 2. The highest BCUT2D eigenvalue weighted by Crippen LogP contribution is 2.27. The maximum absolute atomic E-state index is 14.2. The summed E-state index contributed by atoms with van der Waals surface area (Å²) in [5.74, 6) is -1.45. The van der Waals surface area contributed by atoms with Gasteiger partial charge in [-0.1, -0.05) is 78.3 Å². The summed E-state index contributed by atoms with van der Waals surface area (Å²) in [7, 11) is -4.22. The Labute approximate surface area is 250 Å². The maximum Gasteiger partial charge on any atom is 0.264 e. The Morgan fingerprint density at radius 2 is 1.50 bits per heavy atom. The Balaban J connectivity index is 1.78. The van der Waals surface area contributed by atoms with Crippen LogP contribution in [-0.4, -0.2) is 44.3 Å². The molecule has 4 rings (SSSR count). The first-order chi connectivity index (χ1) is 20.2. The molecule has 0 aliphatic heterocycles. The first kappa shape index (κ1) is 30.7.